The van der Waals surface area contributed by atoms with Gasteiger partial charge in [0.2, 0.25) is 10.0 Å². The van der Waals surface area contributed by atoms with Gasteiger partial charge < -0.3 is 4.74 Å². The molecule has 0 bridgehead atoms. The third-order valence-corrected chi connectivity index (χ3v) is 8.40. The molecule has 2 heterocycles. The summed E-state index contributed by atoms with van der Waals surface area (Å²) in [5.74, 6) is -0.614. The number of piperidine rings is 2. The maximum Gasteiger partial charge on any atom is 0.329 e. The maximum absolute atomic E-state index is 13.7. The molecular weight excluding hydrogens is 404 g/mol. The van der Waals surface area contributed by atoms with Crippen LogP contribution in [-0.2, 0) is 30.9 Å². The lowest BCUT2D eigenvalue weighted by Crippen LogP contribution is -2.60. The Morgan fingerprint density at radius 2 is 1.60 bits per heavy atom. The number of carbonyl (C=O) groups excluding carboxylic acids is 2. The molecule has 0 aliphatic carbocycles. The van der Waals surface area contributed by atoms with Crippen molar-refractivity contribution in [1.82, 2.24) is 9.21 Å². The second-order valence-electron chi connectivity index (χ2n) is 9.20. The largest absolute Gasteiger partial charge is 0.459 e. The first-order chi connectivity index (χ1) is 14.0. The van der Waals surface area contributed by atoms with Gasteiger partial charge in [-0.2, -0.15) is 0 Å². The van der Waals surface area contributed by atoms with Crippen LogP contribution in [0.5, 0.6) is 0 Å². The number of rotatable bonds is 5. The maximum atomic E-state index is 13.7. The lowest BCUT2D eigenvalue weighted by molar-refractivity contribution is -0.159. The van der Waals surface area contributed by atoms with E-state index < -0.39 is 26.3 Å². The van der Waals surface area contributed by atoms with Crippen molar-refractivity contribution in [1.29, 1.82) is 0 Å². The fourth-order valence-corrected chi connectivity index (χ4v) is 6.18. The number of esters is 1. The van der Waals surface area contributed by atoms with E-state index in [0.717, 1.165) is 5.56 Å². The zero-order valence-corrected chi connectivity index (χ0v) is 18.9. The average Bonchev–Trinajstić information content (AvgIpc) is 2.68. The Hall–Kier alpha value is -1.77. The summed E-state index contributed by atoms with van der Waals surface area (Å²) in [5, 5.41) is 0. The summed E-state index contributed by atoms with van der Waals surface area (Å²) in [6, 6.07) is 10.00. The summed E-state index contributed by atoms with van der Waals surface area (Å²) < 4.78 is 32.6. The Labute approximate surface area is 179 Å². The number of carbonyl (C=O) groups is 2. The van der Waals surface area contributed by atoms with Crippen LogP contribution in [0.15, 0.2) is 30.3 Å². The lowest BCUT2D eigenvalue weighted by atomic mass is 9.95. The monoisotopic (exact) mass is 436 g/mol. The second-order valence-corrected chi connectivity index (χ2v) is 11.4. The zero-order valence-electron chi connectivity index (χ0n) is 18.1. The quantitative estimate of drug-likeness (QED) is 0.659. The predicted molar refractivity (Wildman–Crippen MR) is 114 cm³/mol. The van der Waals surface area contributed by atoms with Crippen LogP contribution >= 0.6 is 0 Å². The fourth-order valence-electron chi connectivity index (χ4n) is 4.08. The van der Waals surface area contributed by atoms with E-state index in [-0.39, 0.29) is 44.6 Å². The van der Waals surface area contributed by atoms with Gasteiger partial charge >= 0.3 is 5.97 Å². The summed E-state index contributed by atoms with van der Waals surface area (Å²) in [7, 11) is -3.96. The molecule has 166 valence electrons. The van der Waals surface area contributed by atoms with Crippen LogP contribution in [0.3, 0.4) is 0 Å². The van der Waals surface area contributed by atoms with E-state index in [1.165, 1.54) is 4.31 Å². The smallest absolute Gasteiger partial charge is 0.329 e. The van der Waals surface area contributed by atoms with E-state index in [9.17, 15) is 18.0 Å². The first-order valence-corrected chi connectivity index (χ1v) is 12.0. The average molecular weight is 437 g/mol. The van der Waals surface area contributed by atoms with Crippen LogP contribution in [0.2, 0.25) is 0 Å². The van der Waals surface area contributed by atoms with Crippen molar-refractivity contribution in [2.45, 2.75) is 63.3 Å². The molecule has 2 aliphatic heterocycles. The topological polar surface area (TPSA) is 84.0 Å². The minimum Gasteiger partial charge on any atom is -0.459 e. The van der Waals surface area contributed by atoms with Gasteiger partial charge in [0.25, 0.3) is 0 Å². The summed E-state index contributed by atoms with van der Waals surface area (Å²) in [5.41, 5.74) is 0.373. The number of likely N-dealkylation sites (tertiary alicyclic amines) is 1. The standard InChI is InChI=1S/C22H32N2O5S/c1-21(2,3)29-20(26)22(30(27,28)24-13-9-19(25)10-14-24)11-15-23(16-12-22)17-18-7-5-4-6-8-18/h4-8H,9-17H2,1-3H3. The van der Waals surface area contributed by atoms with Gasteiger partial charge in [-0.25, -0.2) is 12.7 Å². The molecular formula is C22H32N2O5S. The van der Waals surface area contributed by atoms with Crippen molar-refractivity contribution in [3.05, 3.63) is 35.9 Å². The number of hydrogen-bond acceptors (Lipinski definition) is 6. The summed E-state index contributed by atoms with van der Waals surface area (Å²) >= 11 is 0. The molecule has 30 heavy (non-hydrogen) atoms. The molecule has 0 spiro atoms. The number of ketones is 1. The van der Waals surface area contributed by atoms with Crippen LogP contribution in [0, 0.1) is 0 Å². The van der Waals surface area contributed by atoms with Crippen LogP contribution < -0.4 is 0 Å². The lowest BCUT2D eigenvalue weighted by Gasteiger charge is -2.43. The number of nitrogens with zero attached hydrogens (tertiary/aromatic N) is 2. The highest BCUT2D eigenvalue weighted by Gasteiger charge is 2.56. The van der Waals surface area contributed by atoms with Crippen molar-refractivity contribution in [2.75, 3.05) is 26.2 Å². The Morgan fingerprint density at radius 3 is 2.13 bits per heavy atom. The molecule has 2 fully saturated rings. The highest BCUT2D eigenvalue weighted by atomic mass is 32.2. The van der Waals surface area contributed by atoms with Gasteiger partial charge in [-0.15, -0.1) is 0 Å². The van der Waals surface area contributed by atoms with E-state index in [1.807, 2.05) is 30.3 Å². The third-order valence-electron chi connectivity index (χ3n) is 5.80. The minimum atomic E-state index is -3.96. The molecule has 2 saturated heterocycles. The van der Waals surface area contributed by atoms with Gasteiger partial charge in [-0.05, 0) is 39.2 Å². The molecule has 3 rings (SSSR count). The van der Waals surface area contributed by atoms with Crippen LogP contribution in [0.4, 0.5) is 0 Å². The molecule has 0 amide bonds. The van der Waals surface area contributed by atoms with Crippen molar-refractivity contribution < 1.29 is 22.7 Å². The van der Waals surface area contributed by atoms with E-state index in [1.54, 1.807) is 20.8 Å². The number of hydrogen-bond donors (Lipinski definition) is 0. The van der Waals surface area contributed by atoms with Crippen molar-refractivity contribution in [3.8, 4) is 0 Å². The fraction of sp³-hybridized carbons (Fsp3) is 0.636. The third kappa shape index (κ3) is 4.92. The van der Waals surface area contributed by atoms with E-state index in [2.05, 4.69) is 4.90 Å². The predicted octanol–water partition coefficient (Wildman–Crippen LogP) is 2.36. The zero-order chi connectivity index (χ0) is 22.0. The van der Waals surface area contributed by atoms with E-state index in [4.69, 9.17) is 4.74 Å². The van der Waals surface area contributed by atoms with E-state index in [0.29, 0.717) is 19.6 Å². The second kappa shape index (κ2) is 8.77. The minimum absolute atomic E-state index is 0.0606. The molecule has 0 unspecified atom stereocenters. The van der Waals surface area contributed by atoms with Gasteiger partial charge in [-0.3, -0.25) is 14.5 Å². The van der Waals surface area contributed by atoms with Gasteiger partial charge in [0.15, 0.2) is 4.75 Å². The van der Waals surface area contributed by atoms with Crippen molar-refractivity contribution in [3.63, 3.8) is 0 Å². The first-order valence-electron chi connectivity index (χ1n) is 10.5. The SMILES string of the molecule is CC(C)(C)OC(=O)C1(S(=O)(=O)N2CCC(=O)CC2)CCN(Cc2ccccc2)CC1. The molecule has 0 saturated carbocycles. The molecule has 2 aliphatic rings. The highest BCUT2D eigenvalue weighted by Crippen LogP contribution is 2.37. The Bertz CT molecular complexity index is 859. The first kappa shape index (κ1) is 22.9. The number of ether oxygens (including phenoxy) is 1. The van der Waals surface area contributed by atoms with Crippen LogP contribution in [0.1, 0.15) is 52.0 Å². The Kier molecular flexibility index (Phi) is 6.69. The van der Waals surface area contributed by atoms with Gasteiger partial charge in [0, 0.05) is 45.6 Å². The molecule has 0 radical (unpaired) electrons. The molecule has 7 nitrogen and oxygen atoms in total. The van der Waals surface area contributed by atoms with E-state index >= 15 is 0 Å². The molecule has 1 aromatic carbocycles. The Morgan fingerprint density at radius 1 is 1.03 bits per heavy atom. The molecule has 0 N–H and O–H groups in total. The van der Waals surface area contributed by atoms with Crippen molar-refractivity contribution in [2.24, 2.45) is 0 Å². The van der Waals surface area contributed by atoms with Crippen molar-refractivity contribution >= 4 is 21.8 Å². The number of sulfonamides is 1. The van der Waals surface area contributed by atoms with Crippen LogP contribution in [-0.4, -0.2) is 65.9 Å². The molecule has 1 aromatic rings. The normalized spacial score (nSPS) is 21.4. The van der Waals surface area contributed by atoms with Crippen LogP contribution in [0.25, 0.3) is 0 Å². The summed E-state index contributed by atoms with van der Waals surface area (Å²) in [6.45, 7) is 7.20. The Balaban J connectivity index is 1.83. The summed E-state index contributed by atoms with van der Waals surface area (Å²) in [6.07, 6.45) is 0.760. The highest BCUT2D eigenvalue weighted by molar-refractivity contribution is 7.91. The van der Waals surface area contributed by atoms with Gasteiger partial charge in [-0.1, -0.05) is 30.3 Å². The van der Waals surface area contributed by atoms with Gasteiger partial charge in [0.1, 0.15) is 11.4 Å². The summed E-state index contributed by atoms with van der Waals surface area (Å²) in [4.78, 5) is 27.0. The van der Waals surface area contributed by atoms with Gasteiger partial charge in [0.05, 0.1) is 0 Å². The molecule has 0 atom stereocenters. The molecule has 0 aromatic heterocycles. The number of benzene rings is 1. The number of Topliss-reactive ketones (excluding diaryl/α,β-unsaturated/α-hetero) is 1. The molecule has 8 heteroatoms.